The van der Waals surface area contributed by atoms with Gasteiger partial charge in [-0.05, 0) is 46.3 Å². The van der Waals surface area contributed by atoms with E-state index in [-0.39, 0.29) is 5.56 Å². The molecule has 0 saturated carbocycles. The predicted octanol–water partition coefficient (Wildman–Crippen LogP) is 4.01. The number of hydrogen-bond donors (Lipinski definition) is 1. The monoisotopic (exact) mass is 334 g/mol. The van der Waals surface area contributed by atoms with Crippen molar-refractivity contribution in [3.63, 3.8) is 0 Å². The molecule has 19 heavy (non-hydrogen) atoms. The molecule has 0 spiro atoms. The van der Waals surface area contributed by atoms with Gasteiger partial charge in [0.1, 0.15) is 5.82 Å². The third-order valence-electron chi connectivity index (χ3n) is 2.80. The van der Waals surface area contributed by atoms with Gasteiger partial charge in [-0.2, -0.15) is 0 Å². The highest BCUT2D eigenvalue weighted by molar-refractivity contribution is 9.10. The number of nitrogens with one attached hydrogen (secondary N) is 1. The van der Waals surface area contributed by atoms with Crippen molar-refractivity contribution >= 4 is 38.4 Å². The Labute approximate surface area is 122 Å². The van der Waals surface area contributed by atoms with Crippen molar-refractivity contribution in [3.8, 4) is 11.4 Å². The summed E-state index contributed by atoms with van der Waals surface area (Å²) in [5, 5.41) is 1.20. The van der Waals surface area contributed by atoms with E-state index in [1.54, 1.807) is 18.2 Å². The Bertz CT molecular complexity index is 829. The van der Waals surface area contributed by atoms with Gasteiger partial charge in [0.15, 0.2) is 0 Å². The standard InChI is InChI=1S/C14H8BrClN2O/c15-11-7-8(16)5-6-9(11)13-17-12-4-2-1-3-10(12)14(19)18-13/h1-7H,(H,17,18,19). The first-order valence-electron chi connectivity index (χ1n) is 5.59. The van der Waals surface area contributed by atoms with Crippen LogP contribution in [-0.4, -0.2) is 9.97 Å². The van der Waals surface area contributed by atoms with Crippen molar-refractivity contribution in [1.29, 1.82) is 0 Å². The summed E-state index contributed by atoms with van der Waals surface area (Å²) in [6.45, 7) is 0. The topological polar surface area (TPSA) is 45.8 Å². The first-order chi connectivity index (χ1) is 9.15. The Morgan fingerprint density at radius 2 is 1.95 bits per heavy atom. The number of rotatable bonds is 1. The van der Waals surface area contributed by atoms with Crippen LogP contribution in [0.4, 0.5) is 0 Å². The van der Waals surface area contributed by atoms with Crippen LogP contribution in [0.2, 0.25) is 5.02 Å². The van der Waals surface area contributed by atoms with Crippen LogP contribution in [0.1, 0.15) is 0 Å². The van der Waals surface area contributed by atoms with E-state index in [0.29, 0.717) is 21.7 Å². The highest BCUT2D eigenvalue weighted by Gasteiger charge is 2.08. The zero-order valence-corrected chi connectivity index (χ0v) is 12.0. The quantitative estimate of drug-likeness (QED) is 0.730. The average Bonchev–Trinajstić information content (AvgIpc) is 2.38. The number of H-pyrrole nitrogens is 1. The fraction of sp³-hybridized carbons (Fsp3) is 0. The second kappa shape index (κ2) is 4.79. The van der Waals surface area contributed by atoms with Crippen LogP contribution in [0.15, 0.2) is 51.7 Å². The molecule has 3 rings (SSSR count). The lowest BCUT2D eigenvalue weighted by Crippen LogP contribution is -2.09. The molecule has 0 atom stereocenters. The summed E-state index contributed by atoms with van der Waals surface area (Å²) in [7, 11) is 0. The third-order valence-corrected chi connectivity index (χ3v) is 3.69. The SMILES string of the molecule is O=c1[nH]c(-c2ccc(Cl)cc2Br)nc2ccccc12. The Morgan fingerprint density at radius 1 is 1.16 bits per heavy atom. The van der Waals surface area contributed by atoms with E-state index in [2.05, 4.69) is 25.9 Å². The molecule has 3 nitrogen and oxygen atoms in total. The van der Waals surface area contributed by atoms with Crippen molar-refractivity contribution in [2.24, 2.45) is 0 Å². The average molecular weight is 336 g/mol. The normalized spacial score (nSPS) is 10.8. The predicted molar refractivity (Wildman–Crippen MR) is 80.5 cm³/mol. The largest absolute Gasteiger partial charge is 0.306 e. The summed E-state index contributed by atoms with van der Waals surface area (Å²) in [5.74, 6) is 0.521. The summed E-state index contributed by atoms with van der Waals surface area (Å²) in [6.07, 6.45) is 0. The molecule has 1 heterocycles. The maximum absolute atomic E-state index is 12.0. The fourth-order valence-electron chi connectivity index (χ4n) is 1.90. The molecule has 0 saturated heterocycles. The van der Waals surface area contributed by atoms with E-state index in [1.807, 2.05) is 24.3 Å². The fourth-order valence-corrected chi connectivity index (χ4v) is 2.77. The van der Waals surface area contributed by atoms with Gasteiger partial charge in [0.2, 0.25) is 0 Å². The van der Waals surface area contributed by atoms with Crippen LogP contribution >= 0.6 is 27.5 Å². The first kappa shape index (κ1) is 12.4. The second-order valence-corrected chi connectivity index (χ2v) is 5.35. The van der Waals surface area contributed by atoms with Gasteiger partial charge in [0, 0.05) is 15.1 Å². The molecule has 0 aliphatic heterocycles. The minimum absolute atomic E-state index is 0.151. The molecule has 0 fully saturated rings. The van der Waals surface area contributed by atoms with Crippen molar-refractivity contribution in [3.05, 3.63) is 62.3 Å². The Kier molecular flexibility index (Phi) is 3.12. The summed E-state index contributed by atoms with van der Waals surface area (Å²) >= 11 is 9.33. The van der Waals surface area contributed by atoms with Gasteiger partial charge in [0.05, 0.1) is 10.9 Å². The number of nitrogens with zero attached hydrogens (tertiary/aromatic N) is 1. The summed E-state index contributed by atoms with van der Waals surface area (Å²) in [6, 6.07) is 12.6. The van der Waals surface area contributed by atoms with E-state index >= 15 is 0 Å². The van der Waals surface area contributed by atoms with Gasteiger partial charge < -0.3 is 4.98 Å². The van der Waals surface area contributed by atoms with Crippen molar-refractivity contribution in [1.82, 2.24) is 9.97 Å². The zero-order chi connectivity index (χ0) is 13.4. The zero-order valence-electron chi connectivity index (χ0n) is 9.65. The molecule has 3 aromatic rings. The van der Waals surface area contributed by atoms with Crippen molar-refractivity contribution in [2.75, 3.05) is 0 Å². The number of halogens is 2. The van der Waals surface area contributed by atoms with E-state index in [9.17, 15) is 4.79 Å². The van der Waals surface area contributed by atoms with Crippen LogP contribution in [-0.2, 0) is 0 Å². The van der Waals surface area contributed by atoms with Gasteiger partial charge in [-0.3, -0.25) is 4.79 Å². The Hall–Kier alpha value is -1.65. The molecule has 1 N–H and O–H groups in total. The molecule has 0 aliphatic carbocycles. The van der Waals surface area contributed by atoms with Crippen LogP contribution in [0.25, 0.3) is 22.3 Å². The number of para-hydroxylation sites is 1. The number of aromatic amines is 1. The number of fused-ring (bicyclic) bond motifs is 1. The molecule has 0 bridgehead atoms. The molecule has 0 amide bonds. The highest BCUT2D eigenvalue weighted by atomic mass is 79.9. The van der Waals surface area contributed by atoms with Crippen molar-refractivity contribution in [2.45, 2.75) is 0 Å². The smallest absolute Gasteiger partial charge is 0.259 e. The van der Waals surface area contributed by atoms with Crippen molar-refractivity contribution < 1.29 is 0 Å². The van der Waals surface area contributed by atoms with Crippen LogP contribution in [0.3, 0.4) is 0 Å². The molecule has 94 valence electrons. The lowest BCUT2D eigenvalue weighted by molar-refractivity contribution is 1.18. The van der Waals surface area contributed by atoms with Gasteiger partial charge in [-0.1, -0.05) is 23.7 Å². The van der Waals surface area contributed by atoms with E-state index in [0.717, 1.165) is 10.0 Å². The maximum atomic E-state index is 12.0. The number of aromatic nitrogens is 2. The molecule has 2 aromatic carbocycles. The Balaban J connectivity index is 2.28. The van der Waals surface area contributed by atoms with Gasteiger partial charge in [0.25, 0.3) is 5.56 Å². The molecule has 0 aliphatic rings. The van der Waals surface area contributed by atoms with E-state index in [4.69, 9.17) is 11.6 Å². The van der Waals surface area contributed by atoms with E-state index in [1.165, 1.54) is 0 Å². The molecule has 0 unspecified atom stereocenters. The maximum Gasteiger partial charge on any atom is 0.259 e. The number of benzene rings is 2. The highest BCUT2D eigenvalue weighted by Crippen LogP contribution is 2.28. The minimum atomic E-state index is -0.151. The van der Waals surface area contributed by atoms with Crippen LogP contribution < -0.4 is 5.56 Å². The molecule has 5 heteroatoms. The van der Waals surface area contributed by atoms with E-state index < -0.39 is 0 Å². The van der Waals surface area contributed by atoms with Gasteiger partial charge in [-0.15, -0.1) is 0 Å². The summed E-state index contributed by atoms with van der Waals surface area (Å²) in [4.78, 5) is 19.3. The summed E-state index contributed by atoms with van der Waals surface area (Å²) < 4.78 is 0.790. The molecule has 1 aromatic heterocycles. The van der Waals surface area contributed by atoms with Crippen LogP contribution in [0, 0.1) is 0 Å². The third kappa shape index (κ3) is 2.29. The first-order valence-corrected chi connectivity index (χ1v) is 6.77. The molecular formula is C14H8BrClN2O. The molecule has 0 radical (unpaired) electrons. The van der Waals surface area contributed by atoms with Gasteiger partial charge in [-0.25, -0.2) is 4.98 Å². The molecular weight excluding hydrogens is 328 g/mol. The minimum Gasteiger partial charge on any atom is -0.306 e. The van der Waals surface area contributed by atoms with Gasteiger partial charge >= 0.3 is 0 Å². The number of hydrogen-bond acceptors (Lipinski definition) is 2. The van der Waals surface area contributed by atoms with Crippen LogP contribution in [0.5, 0.6) is 0 Å². The second-order valence-electron chi connectivity index (χ2n) is 4.06. The lowest BCUT2D eigenvalue weighted by Gasteiger charge is -2.05. The Morgan fingerprint density at radius 3 is 2.74 bits per heavy atom. The lowest BCUT2D eigenvalue weighted by atomic mass is 10.2. The summed E-state index contributed by atoms with van der Waals surface area (Å²) in [5.41, 5.74) is 1.32.